The molecule has 0 aliphatic rings. The van der Waals surface area contributed by atoms with Crippen molar-refractivity contribution in [3.8, 4) is 11.3 Å². The summed E-state index contributed by atoms with van der Waals surface area (Å²) in [5, 5.41) is 0.0108. The molecule has 0 fully saturated rings. The molecule has 0 atom stereocenters. The van der Waals surface area contributed by atoms with Gasteiger partial charge in [0, 0.05) is 25.2 Å². The van der Waals surface area contributed by atoms with E-state index in [-0.39, 0.29) is 39.4 Å². The van der Waals surface area contributed by atoms with Crippen molar-refractivity contribution in [3.63, 3.8) is 0 Å². The van der Waals surface area contributed by atoms with Gasteiger partial charge in [-0.05, 0) is 31.2 Å². The van der Waals surface area contributed by atoms with Crippen LogP contribution < -0.4 is 5.43 Å². The third-order valence-electron chi connectivity index (χ3n) is 5.12. The molecule has 4 aromatic rings. The zero-order valence-corrected chi connectivity index (χ0v) is 19.0. The van der Waals surface area contributed by atoms with Crippen LogP contribution in [-0.4, -0.2) is 32.8 Å². The van der Waals surface area contributed by atoms with Crippen LogP contribution in [0.4, 0.5) is 0 Å². The second-order valence-corrected chi connectivity index (χ2v) is 9.60. The summed E-state index contributed by atoms with van der Waals surface area (Å²) in [7, 11) is -0.967. The molecular formula is C24H21NO7S. The summed E-state index contributed by atoms with van der Waals surface area (Å²) < 4.78 is 42.0. The van der Waals surface area contributed by atoms with Crippen LogP contribution in [0.5, 0.6) is 0 Å². The van der Waals surface area contributed by atoms with Gasteiger partial charge in [-0.2, -0.15) is 0 Å². The van der Waals surface area contributed by atoms with Gasteiger partial charge in [0.15, 0.2) is 11.0 Å². The van der Waals surface area contributed by atoms with E-state index < -0.39 is 16.0 Å². The van der Waals surface area contributed by atoms with Crippen molar-refractivity contribution in [1.29, 1.82) is 0 Å². The topological polar surface area (TPSA) is 107 Å². The number of sulfonamides is 1. The SMILES string of the molecule is Cc1c(-c2ccccc2)oc2c(C(=O)OCc3ccc(S(=O)(=O)N(C)C)o3)cccc2c1=O. The van der Waals surface area contributed by atoms with Crippen molar-refractivity contribution in [2.45, 2.75) is 18.6 Å². The number of rotatable bonds is 6. The summed E-state index contributed by atoms with van der Waals surface area (Å²) >= 11 is 0. The normalized spacial score (nSPS) is 11.8. The Balaban J connectivity index is 1.66. The van der Waals surface area contributed by atoms with Gasteiger partial charge >= 0.3 is 5.97 Å². The maximum atomic E-state index is 12.9. The van der Waals surface area contributed by atoms with Crippen LogP contribution in [0, 0.1) is 6.92 Å². The Bertz CT molecular complexity index is 1500. The van der Waals surface area contributed by atoms with Gasteiger partial charge in [-0.3, -0.25) is 4.79 Å². The molecule has 0 unspecified atom stereocenters. The summed E-state index contributed by atoms with van der Waals surface area (Å²) in [4.78, 5) is 25.8. The molecule has 8 nitrogen and oxygen atoms in total. The van der Waals surface area contributed by atoms with Crippen molar-refractivity contribution in [3.05, 3.63) is 87.8 Å². The summed E-state index contributed by atoms with van der Waals surface area (Å²) in [6, 6.07) is 16.5. The molecule has 33 heavy (non-hydrogen) atoms. The van der Waals surface area contributed by atoms with Crippen molar-refractivity contribution in [2.24, 2.45) is 0 Å². The van der Waals surface area contributed by atoms with E-state index in [0.717, 1.165) is 4.31 Å². The predicted octanol–water partition coefficient (Wildman–Crippen LogP) is 3.97. The number of furan rings is 1. The van der Waals surface area contributed by atoms with Crippen LogP contribution in [0.15, 0.2) is 79.4 Å². The van der Waals surface area contributed by atoms with Crippen LogP contribution in [0.25, 0.3) is 22.3 Å². The molecule has 9 heteroatoms. The number of benzene rings is 2. The average Bonchev–Trinajstić information content (AvgIpc) is 3.30. The van der Waals surface area contributed by atoms with Crippen molar-refractivity contribution in [1.82, 2.24) is 4.31 Å². The minimum atomic E-state index is -3.74. The molecule has 170 valence electrons. The van der Waals surface area contributed by atoms with Crippen molar-refractivity contribution in [2.75, 3.05) is 14.1 Å². The Kier molecular flexibility index (Phi) is 5.92. The van der Waals surface area contributed by atoms with Gasteiger partial charge in [0.2, 0.25) is 5.09 Å². The van der Waals surface area contributed by atoms with Gasteiger partial charge in [-0.25, -0.2) is 17.5 Å². The highest BCUT2D eigenvalue weighted by Crippen LogP contribution is 2.28. The van der Waals surface area contributed by atoms with E-state index in [0.29, 0.717) is 16.9 Å². The summed E-state index contributed by atoms with van der Waals surface area (Å²) in [6.07, 6.45) is 0. The smallest absolute Gasteiger partial charge is 0.342 e. The number of hydrogen-bond donors (Lipinski definition) is 0. The zero-order chi connectivity index (χ0) is 23.8. The van der Waals surface area contributed by atoms with E-state index >= 15 is 0 Å². The molecule has 0 amide bonds. The fourth-order valence-electron chi connectivity index (χ4n) is 3.30. The molecule has 0 saturated heterocycles. The van der Waals surface area contributed by atoms with Crippen molar-refractivity contribution >= 4 is 27.0 Å². The molecule has 0 aliphatic carbocycles. The Morgan fingerprint density at radius 2 is 1.70 bits per heavy atom. The molecule has 0 N–H and O–H groups in total. The monoisotopic (exact) mass is 467 g/mol. The molecule has 0 aliphatic heterocycles. The number of para-hydroxylation sites is 1. The second kappa shape index (κ2) is 8.68. The summed E-state index contributed by atoms with van der Waals surface area (Å²) in [5.41, 5.74) is 1.10. The van der Waals surface area contributed by atoms with Crippen LogP contribution >= 0.6 is 0 Å². The number of carbonyl (C=O) groups excluding carboxylic acids is 1. The highest BCUT2D eigenvalue weighted by atomic mass is 32.2. The summed E-state index contributed by atoms with van der Waals surface area (Å²) in [6.45, 7) is 1.38. The fraction of sp³-hybridized carbons (Fsp3) is 0.167. The zero-order valence-electron chi connectivity index (χ0n) is 18.2. The minimum Gasteiger partial charge on any atom is -0.455 e. The van der Waals surface area contributed by atoms with E-state index in [2.05, 4.69) is 0 Å². The van der Waals surface area contributed by atoms with E-state index in [4.69, 9.17) is 13.6 Å². The van der Waals surface area contributed by atoms with Gasteiger partial charge in [0.05, 0.1) is 5.39 Å². The molecule has 2 heterocycles. The predicted molar refractivity (Wildman–Crippen MR) is 121 cm³/mol. The van der Waals surface area contributed by atoms with E-state index in [9.17, 15) is 18.0 Å². The second-order valence-electron chi connectivity index (χ2n) is 7.52. The lowest BCUT2D eigenvalue weighted by Gasteiger charge is -2.10. The number of nitrogens with zero attached hydrogens (tertiary/aromatic N) is 1. The molecule has 0 saturated carbocycles. The van der Waals surface area contributed by atoms with Gasteiger partial charge in [-0.15, -0.1) is 0 Å². The van der Waals surface area contributed by atoms with E-state index in [1.54, 1.807) is 19.1 Å². The fourth-order valence-corrected chi connectivity index (χ4v) is 4.12. The van der Waals surface area contributed by atoms with E-state index in [1.807, 2.05) is 30.3 Å². The maximum Gasteiger partial charge on any atom is 0.342 e. The van der Waals surface area contributed by atoms with Gasteiger partial charge in [0.1, 0.15) is 23.7 Å². The molecular weight excluding hydrogens is 446 g/mol. The minimum absolute atomic E-state index is 0.0782. The Labute approximate surface area is 190 Å². The number of esters is 1. The first kappa shape index (κ1) is 22.5. The molecule has 2 aromatic carbocycles. The first-order valence-corrected chi connectivity index (χ1v) is 11.4. The highest BCUT2D eigenvalue weighted by Gasteiger charge is 2.23. The lowest BCUT2D eigenvalue weighted by molar-refractivity contribution is 0.0441. The van der Waals surface area contributed by atoms with E-state index in [1.165, 1.54) is 32.3 Å². The number of hydrogen-bond acceptors (Lipinski definition) is 7. The number of carbonyl (C=O) groups is 1. The number of fused-ring (bicyclic) bond motifs is 1. The summed E-state index contributed by atoms with van der Waals surface area (Å²) in [5.74, 6) is -0.204. The van der Waals surface area contributed by atoms with Crippen molar-refractivity contribution < 1.29 is 26.8 Å². The van der Waals surface area contributed by atoms with Crippen LogP contribution in [0.1, 0.15) is 21.7 Å². The molecule has 2 aromatic heterocycles. The van der Waals surface area contributed by atoms with Gasteiger partial charge in [-0.1, -0.05) is 36.4 Å². The third kappa shape index (κ3) is 4.20. The lowest BCUT2D eigenvalue weighted by atomic mass is 10.0. The average molecular weight is 467 g/mol. The van der Waals surface area contributed by atoms with Gasteiger partial charge in [0.25, 0.3) is 10.0 Å². The Morgan fingerprint density at radius 3 is 2.39 bits per heavy atom. The first-order valence-electron chi connectivity index (χ1n) is 10.0. The highest BCUT2D eigenvalue weighted by molar-refractivity contribution is 7.88. The molecule has 0 radical (unpaired) electrons. The van der Waals surface area contributed by atoms with Crippen LogP contribution in [-0.2, 0) is 21.4 Å². The first-order chi connectivity index (χ1) is 15.7. The van der Waals surface area contributed by atoms with Gasteiger partial charge < -0.3 is 13.6 Å². The Morgan fingerprint density at radius 1 is 0.970 bits per heavy atom. The maximum absolute atomic E-state index is 12.9. The molecule has 4 rings (SSSR count). The Hall–Kier alpha value is -3.69. The quantitative estimate of drug-likeness (QED) is 0.395. The molecule has 0 spiro atoms. The lowest BCUT2D eigenvalue weighted by Crippen LogP contribution is -2.21. The van der Waals surface area contributed by atoms with Crippen LogP contribution in [0.2, 0.25) is 0 Å². The van der Waals surface area contributed by atoms with Crippen LogP contribution in [0.3, 0.4) is 0 Å². The molecule has 0 bridgehead atoms. The standard InChI is InChI=1S/C24H21NO7S/c1-15-21(26)18-10-7-11-19(23(18)32-22(15)16-8-5-4-6-9-16)24(27)30-14-17-12-13-20(31-17)33(28,29)25(2)3/h4-13H,14H2,1-3H3. The largest absolute Gasteiger partial charge is 0.455 e. The third-order valence-corrected chi connectivity index (χ3v) is 6.81. The number of ether oxygens (including phenoxy) is 1.